The number of amides is 2. The normalized spacial score (nSPS) is 29.3. The fraction of sp³-hybridized carbons (Fsp3) is 0.933. The van der Waals surface area contributed by atoms with E-state index in [1.807, 2.05) is 4.90 Å². The van der Waals surface area contributed by atoms with Gasteiger partial charge in [0.1, 0.15) is 0 Å². The van der Waals surface area contributed by atoms with Crippen LogP contribution in [0.25, 0.3) is 0 Å². The van der Waals surface area contributed by atoms with Crippen molar-refractivity contribution in [2.75, 3.05) is 19.6 Å². The van der Waals surface area contributed by atoms with Gasteiger partial charge in [0.05, 0.1) is 0 Å². The van der Waals surface area contributed by atoms with E-state index in [1.54, 1.807) is 0 Å². The number of carbonyl (C=O) groups is 1. The van der Waals surface area contributed by atoms with Crippen LogP contribution in [0.3, 0.4) is 0 Å². The van der Waals surface area contributed by atoms with Crippen LogP contribution >= 0.6 is 0 Å². The highest BCUT2D eigenvalue weighted by atomic mass is 16.2. The molecule has 1 saturated heterocycles. The van der Waals surface area contributed by atoms with Crippen LogP contribution in [0.15, 0.2) is 0 Å². The van der Waals surface area contributed by atoms with Gasteiger partial charge in [-0.3, -0.25) is 0 Å². The molecule has 2 atom stereocenters. The maximum absolute atomic E-state index is 12.3. The molecule has 2 unspecified atom stereocenters. The number of carbonyl (C=O) groups excluding carboxylic acids is 1. The molecule has 4 nitrogen and oxygen atoms in total. The standard InChI is InChI=1S/C15H29N3O/c1-3-16-14-9-10-18(11-12(14)2)15(19)17-13-7-5-4-6-8-13/h12-14,16H,3-11H2,1-2H3,(H,17,19). The van der Waals surface area contributed by atoms with E-state index in [2.05, 4.69) is 24.5 Å². The van der Waals surface area contributed by atoms with Crippen molar-refractivity contribution in [3.63, 3.8) is 0 Å². The molecule has 1 aliphatic heterocycles. The van der Waals surface area contributed by atoms with Gasteiger partial charge < -0.3 is 15.5 Å². The summed E-state index contributed by atoms with van der Waals surface area (Å²) in [7, 11) is 0. The first-order chi connectivity index (χ1) is 9.20. The highest BCUT2D eigenvalue weighted by molar-refractivity contribution is 5.74. The van der Waals surface area contributed by atoms with Gasteiger partial charge in [0.25, 0.3) is 0 Å². The minimum Gasteiger partial charge on any atom is -0.335 e. The molecular weight excluding hydrogens is 238 g/mol. The van der Waals surface area contributed by atoms with E-state index in [4.69, 9.17) is 0 Å². The predicted molar refractivity (Wildman–Crippen MR) is 78.2 cm³/mol. The fourth-order valence-corrected chi connectivity index (χ4v) is 3.41. The number of hydrogen-bond acceptors (Lipinski definition) is 2. The quantitative estimate of drug-likeness (QED) is 0.824. The van der Waals surface area contributed by atoms with Gasteiger partial charge in [-0.05, 0) is 31.7 Å². The van der Waals surface area contributed by atoms with Crippen LogP contribution in [0, 0.1) is 5.92 Å². The summed E-state index contributed by atoms with van der Waals surface area (Å²) in [5.41, 5.74) is 0. The molecule has 0 aromatic carbocycles. The average Bonchev–Trinajstić information content (AvgIpc) is 2.42. The topological polar surface area (TPSA) is 44.4 Å². The van der Waals surface area contributed by atoms with E-state index >= 15 is 0 Å². The van der Waals surface area contributed by atoms with Crippen LogP contribution in [0.1, 0.15) is 52.4 Å². The van der Waals surface area contributed by atoms with Crippen molar-refractivity contribution in [2.24, 2.45) is 5.92 Å². The molecule has 1 heterocycles. The third kappa shape index (κ3) is 4.10. The molecule has 1 aliphatic carbocycles. The summed E-state index contributed by atoms with van der Waals surface area (Å²) in [6.45, 7) is 7.18. The molecule has 0 spiro atoms. The number of hydrogen-bond donors (Lipinski definition) is 2. The van der Waals surface area contributed by atoms with Crippen LogP contribution in [0.4, 0.5) is 4.79 Å². The first-order valence-electron chi connectivity index (χ1n) is 7.99. The lowest BCUT2D eigenvalue weighted by Crippen LogP contribution is -2.54. The lowest BCUT2D eigenvalue weighted by atomic mass is 9.93. The number of urea groups is 1. The summed E-state index contributed by atoms with van der Waals surface area (Å²) in [6, 6.07) is 1.15. The number of rotatable bonds is 3. The van der Waals surface area contributed by atoms with E-state index in [-0.39, 0.29) is 6.03 Å². The van der Waals surface area contributed by atoms with Crippen molar-refractivity contribution in [2.45, 2.75) is 64.5 Å². The predicted octanol–water partition coefficient (Wildman–Crippen LogP) is 2.35. The summed E-state index contributed by atoms with van der Waals surface area (Å²) >= 11 is 0. The van der Waals surface area contributed by atoms with E-state index < -0.39 is 0 Å². The zero-order valence-electron chi connectivity index (χ0n) is 12.5. The Morgan fingerprint density at radius 3 is 2.58 bits per heavy atom. The molecule has 0 aromatic rings. The minimum atomic E-state index is 0.161. The Bertz CT molecular complexity index is 289. The third-order valence-electron chi connectivity index (χ3n) is 4.59. The molecule has 0 aromatic heterocycles. The highest BCUT2D eigenvalue weighted by Crippen LogP contribution is 2.20. The molecular formula is C15H29N3O. The van der Waals surface area contributed by atoms with Crippen LogP contribution in [-0.2, 0) is 0 Å². The number of piperidine rings is 1. The second-order valence-electron chi connectivity index (χ2n) is 6.16. The molecule has 110 valence electrons. The molecule has 2 aliphatic rings. The number of nitrogens with one attached hydrogen (secondary N) is 2. The number of nitrogens with zero attached hydrogens (tertiary/aromatic N) is 1. The summed E-state index contributed by atoms with van der Waals surface area (Å²) in [4.78, 5) is 14.3. The molecule has 2 fully saturated rings. The van der Waals surface area contributed by atoms with Gasteiger partial charge >= 0.3 is 6.03 Å². The maximum atomic E-state index is 12.3. The first-order valence-corrected chi connectivity index (χ1v) is 7.99. The van der Waals surface area contributed by atoms with Gasteiger partial charge in [0.2, 0.25) is 0 Å². The van der Waals surface area contributed by atoms with Crippen molar-refractivity contribution in [1.29, 1.82) is 0 Å². The molecule has 19 heavy (non-hydrogen) atoms. The Hall–Kier alpha value is -0.770. The molecule has 2 N–H and O–H groups in total. The van der Waals surface area contributed by atoms with Crippen molar-refractivity contribution in [3.05, 3.63) is 0 Å². The molecule has 0 radical (unpaired) electrons. The number of likely N-dealkylation sites (tertiary alicyclic amines) is 1. The van der Waals surface area contributed by atoms with Crippen molar-refractivity contribution in [3.8, 4) is 0 Å². The Labute approximate surface area is 117 Å². The van der Waals surface area contributed by atoms with Crippen LogP contribution < -0.4 is 10.6 Å². The highest BCUT2D eigenvalue weighted by Gasteiger charge is 2.29. The zero-order valence-corrected chi connectivity index (χ0v) is 12.5. The van der Waals surface area contributed by atoms with Crippen molar-refractivity contribution < 1.29 is 4.79 Å². The molecule has 1 saturated carbocycles. The minimum absolute atomic E-state index is 0.161. The van der Waals surface area contributed by atoms with Crippen molar-refractivity contribution in [1.82, 2.24) is 15.5 Å². The Balaban J connectivity index is 1.77. The van der Waals surface area contributed by atoms with Crippen molar-refractivity contribution >= 4 is 6.03 Å². The second kappa shape index (κ2) is 7.13. The summed E-state index contributed by atoms with van der Waals surface area (Å²) in [5.74, 6) is 0.547. The molecule has 2 rings (SSSR count). The third-order valence-corrected chi connectivity index (χ3v) is 4.59. The van der Waals surface area contributed by atoms with Gasteiger partial charge in [0, 0.05) is 25.2 Å². The lowest BCUT2D eigenvalue weighted by molar-refractivity contribution is 0.146. The Morgan fingerprint density at radius 2 is 1.95 bits per heavy atom. The largest absolute Gasteiger partial charge is 0.335 e. The van der Waals surface area contributed by atoms with Gasteiger partial charge in [-0.25, -0.2) is 4.79 Å². The first kappa shape index (κ1) is 14.6. The molecule has 2 amide bonds. The summed E-state index contributed by atoms with van der Waals surface area (Å²) in [5, 5.41) is 6.74. The van der Waals surface area contributed by atoms with Crippen LogP contribution in [-0.4, -0.2) is 42.6 Å². The van der Waals surface area contributed by atoms with E-state index in [1.165, 1.54) is 19.3 Å². The van der Waals surface area contributed by atoms with E-state index in [9.17, 15) is 4.79 Å². The van der Waals surface area contributed by atoms with Gasteiger partial charge in [-0.15, -0.1) is 0 Å². The second-order valence-corrected chi connectivity index (χ2v) is 6.16. The van der Waals surface area contributed by atoms with Gasteiger partial charge in [-0.2, -0.15) is 0 Å². The fourth-order valence-electron chi connectivity index (χ4n) is 3.41. The maximum Gasteiger partial charge on any atom is 0.317 e. The monoisotopic (exact) mass is 267 g/mol. The average molecular weight is 267 g/mol. The Morgan fingerprint density at radius 1 is 1.21 bits per heavy atom. The van der Waals surface area contributed by atoms with Crippen LogP contribution in [0.5, 0.6) is 0 Å². The smallest absolute Gasteiger partial charge is 0.317 e. The van der Waals surface area contributed by atoms with E-state index in [0.717, 1.165) is 38.9 Å². The zero-order chi connectivity index (χ0) is 13.7. The molecule has 0 bridgehead atoms. The SMILES string of the molecule is CCNC1CCN(C(=O)NC2CCCCC2)CC1C. The Kier molecular flexibility index (Phi) is 5.49. The van der Waals surface area contributed by atoms with E-state index in [0.29, 0.717) is 18.0 Å². The molecule has 4 heteroatoms. The van der Waals surface area contributed by atoms with Gasteiger partial charge in [-0.1, -0.05) is 33.1 Å². The van der Waals surface area contributed by atoms with Gasteiger partial charge in [0.15, 0.2) is 0 Å². The summed E-state index contributed by atoms with van der Waals surface area (Å²) in [6.07, 6.45) is 7.27. The van der Waals surface area contributed by atoms with Crippen LogP contribution in [0.2, 0.25) is 0 Å². The summed E-state index contributed by atoms with van der Waals surface area (Å²) < 4.78 is 0. The lowest BCUT2D eigenvalue weighted by Gasteiger charge is -2.38.